The van der Waals surface area contributed by atoms with Crippen molar-refractivity contribution in [2.45, 2.75) is 88.6 Å². The highest BCUT2D eigenvalue weighted by molar-refractivity contribution is 5.85. The number of ether oxygens (including phenoxy) is 4. The number of Topliss-reactive ketones (excluding diaryl/α,β-unsaturated/α-hetero) is 1. The Balaban J connectivity index is 1.38. The minimum Gasteiger partial charge on any atom is -0.466 e. The topological polar surface area (TPSA) is 77.7 Å². The van der Waals surface area contributed by atoms with E-state index in [9.17, 15) is 9.59 Å². The van der Waals surface area contributed by atoms with Gasteiger partial charge < -0.3 is 18.9 Å². The largest absolute Gasteiger partial charge is 0.466 e. The fraction of sp³-hybridized carbons (Fsp3) is 0.818. The van der Waals surface area contributed by atoms with Gasteiger partial charge in [0.25, 0.3) is 0 Å². The summed E-state index contributed by atoms with van der Waals surface area (Å²) in [5.41, 5.74) is -0.571. The molecule has 0 N–H and O–H groups in total. The Labute approximate surface area is 167 Å². The lowest BCUT2D eigenvalue weighted by molar-refractivity contribution is -0.143. The Morgan fingerprint density at radius 3 is 2.75 bits per heavy atom. The minimum absolute atomic E-state index is 0.0208. The Morgan fingerprint density at radius 1 is 1.29 bits per heavy atom. The Bertz CT molecular complexity index is 596. The maximum atomic E-state index is 12.3. The second-order valence-electron chi connectivity index (χ2n) is 8.36. The van der Waals surface area contributed by atoms with E-state index in [1.54, 1.807) is 7.11 Å². The van der Waals surface area contributed by atoms with E-state index in [4.69, 9.17) is 18.9 Å². The first-order valence-corrected chi connectivity index (χ1v) is 10.6. The van der Waals surface area contributed by atoms with Gasteiger partial charge in [0.05, 0.1) is 25.2 Å². The third kappa shape index (κ3) is 4.66. The van der Waals surface area contributed by atoms with Crippen LogP contribution in [-0.4, -0.2) is 55.5 Å². The number of methoxy groups -OCH3 is 1. The van der Waals surface area contributed by atoms with E-state index in [1.807, 2.05) is 6.92 Å². The molecule has 0 bridgehead atoms. The number of hydrogen-bond donors (Lipinski definition) is 0. The predicted molar refractivity (Wildman–Crippen MR) is 104 cm³/mol. The number of ketones is 1. The van der Waals surface area contributed by atoms with Gasteiger partial charge in [-0.05, 0) is 46.0 Å². The van der Waals surface area contributed by atoms with Crippen LogP contribution in [0.4, 0.5) is 0 Å². The van der Waals surface area contributed by atoms with Crippen molar-refractivity contribution in [2.24, 2.45) is 5.92 Å². The van der Waals surface area contributed by atoms with Crippen molar-refractivity contribution in [2.75, 3.05) is 20.3 Å². The molecule has 6 heteroatoms. The van der Waals surface area contributed by atoms with Crippen LogP contribution in [-0.2, 0) is 28.5 Å². The Morgan fingerprint density at radius 2 is 2.07 bits per heavy atom. The summed E-state index contributed by atoms with van der Waals surface area (Å²) in [6.45, 7) is 5.09. The molecule has 28 heavy (non-hydrogen) atoms. The number of rotatable bonds is 11. The summed E-state index contributed by atoms with van der Waals surface area (Å²) in [5.74, 6) is 0.0474. The third-order valence-electron chi connectivity index (χ3n) is 6.42. The first-order valence-electron chi connectivity index (χ1n) is 10.6. The highest BCUT2D eigenvalue weighted by Gasteiger charge is 2.71. The third-order valence-corrected chi connectivity index (χ3v) is 6.42. The van der Waals surface area contributed by atoms with Gasteiger partial charge in [-0.3, -0.25) is 9.59 Å². The van der Waals surface area contributed by atoms with Crippen LogP contribution in [0.3, 0.4) is 0 Å². The zero-order valence-corrected chi connectivity index (χ0v) is 17.4. The number of esters is 1. The molecule has 1 aliphatic carbocycles. The molecule has 5 atom stereocenters. The van der Waals surface area contributed by atoms with Gasteiger partial charge in [0.15, 0.2) is 5.78 Å². The van der Waals surface area contributed by atoms with Gasteiger partial charge in [-0.25, -0.2) is 0 Å². The van der Waals surface area contributed by atoms with Gasteiger partial charge in [-0.1, -0.05) is 18.6 Å². The van der Waals surface area contributed by atoms with Crippen LogP contribution in [0.25, 0.3) is 0 Å². The van der Waals surface area contributed by atoms with Crippen LogP contribution in [0.1, 0.15) is 65.2 Å². The summed E-state index contributed by atoms with van der Waals surface area (Å²) in [6.07, 6.45) is 10.7. The van der Waals surface area contributed by atoms with Crippen molar-refractivity contribution in [1.29, 1.82) is 0 Å². The molecule has 0 aromatic rings. The van der Waals surface area contributed by atoms with Gasteiger partial charge in [0.2, 0.25) is 0 Å². The number of epoxide rings is 2. The summed E-state index contributed by atoms with van der Waals surface area (Å²) in [6, 6.07) is 0. The maximum Gasteiger partial charge on any atom is 0.305 e. The highest BCUT2D eigenvalue weighted by Crippen LogP contribution is 2.58. The molecular formula is C22H34O6. The highest BCUT2D eigenvalue weighted by atomic mass is 16.6. The molecular weight excluding hydrogens is 360 g/mol. The average Bonchev–Trinajstić information content (AvgIpc) is 3.57. The van der Waals surface area contributed by atoms with Crippen LogP contribution in [0, 0.1) is 5.92 Å². The van der Waals surface area contributed by atoms with E-state index >= 15 is 0 Å². The monoisotopic (exact) mass is 394 g/mol. The smallest absolute Gasteiger partial charge is 0.305 e. The van der Waals surface area contributed by atoms with Gasteiger partial charge in [0, 0.05) is 20.0 Å². The van der Waals surface area contributed by atoms with E-state index in [0.717, 1.165) is 38.5 Å². The molecule has 3 fully saturated rings. The second kappa shape index (κ2) is 9.06. The molecule has 6 nitrogen and oxygen atoms in total. The van der Waals surface area contributed by atoms with Crippen molar-refractivity contribution in [3.8, 4) is 0 Å². The van der Waals surface area contributed by atoms with Crippen LogP contribution in [0.15, 0.2) is 12.2 Å². The molecule has 3 rings (SSSR count). The molecule has 0 unspecified atom stereocenters. The van der Waals surface area contributed by atoms with Gasteiger partial charge >= 0.3 is 5.97 Å². The van der Waals surface area contributed by atoms with E-state index in [1.165, 1.54) is 0 Å². The minimum atomic E-state index is -0.422. The second-order valence-corrected chi connectivity index (χ2v) is 8.36. The molecule has 0 amide bonds. The zero-order chi connectivity index (χ0) is 20.2. The van der Waals surface area contributed by atoms with Crippen molar-refractivity contribution in [3.05, 3.63) is 12.2 Å². The van der Waals surface area contributed by atoms with Crippen LogP contribution < -0.4 is 0 Å². The molecule has 2 saturated heterocycles. The number of unbranched alkanes of at least 4 members (excludes halogenated alkanes) is 3. The SMILES string of the molecule is CCOC(=O)CCCCC/C=C/C[C@@H]1O[C@@]1(C)[C@H]1[C@H](OC)C(=O)CC[C@]12CO2. The lowest BCUT2D eigenvalue weighted by Gasteiger charge is -2.37. The fourth-order valence-electron chi connectivity index (χ4n) is 4.71. The van der Waals surface area contributed by atoms with Crippen molar-refractivity contribution < 1.29 is 28.5 Å². The molecule has 1 saturated carbocycles. The Kier molecular flexibility index (Phi) is 6.94. The van der Waals surface area contributed by atoms with Crippen LogP contribution >= 0.6 is 0 Å². The Hall–Kier alpha value is -1.24. The lowest BCUT2D eigenvalue weighted by atomic mass is 9.69. The first kappa shape index (κ1) is 21.5. The van der Waals surface area contributed by atoms with Crippen molar-refractivity contribution in [1.82, 2.24) is 0 Å². The number of carbonyl (C=O) groups excluding carboxylic acids is 2. The molecule has 0 aromatic carbocycles. The molecule has 3 aliphatic rings. The molecule has 158 valence electrons. The van der Waals surface area contributed by atoms with Gasteiger partial charge in [-0.15, -0.1) is 0 Å². The van der Waals surface area contributed by atoms with E-state index < -0.39 is 6.10 Å². The van der Waals surface area contributed by atoms with E-state index in [2.05, 4.69) is 19.1 Å². The van der Waals surface area contributed by atoms with Crippen molar-refractivity contribution in [3.63, 3.8) is 0 Å². The van der Waals surface area contributed by atoms with E-state index in [0.29, 0.717) is 26.1 Å². The van der Waals surface area contributed by atoms with Crippen LogP contribution in [0.2, 0.25) is 0 Å². The van der Waals surface area contributed by atoms with Gasteiger partial charge in [0.1, 0.15) is 17.3 Å². The van der Waals surface area contributed by atoms with Crippen molar-refractivity contribution >= 4 is 11.8 Å². The number of allylic oxidation sites excluding steroid dienone is 1. The average molecular weight is 395 g/mol. The lowest BCUT2D eigenvalue weighted by Crippen LogP contribution is -2.52. The van der Waals surface area contributed by atoms with E-state index in [-0.39, 0.29) is 35.0 Å². The fourth-order valence-corrected chi connectivity index (χ4v) is 4.71. The molecule has 2 heterocycles. The molecule has 2 aliphatic heterocycles. The molecule has 0 radical (unpaired) electrons. The normalized spacial score (nSPS) is 36.8. The number of carbonyl (C=O) groups is 2. The standard InChI is InChI=1S/C22H34O6/c1-4-26-18(24)12-10-8-6-5-7-9-11-17-21(2,28-17)20-19(25-3)16(23)13-14-22(20)15-27-22/h7,9,17,19-20H,4-6,8,10-15H2,1-3H3/b9-7+/t17-,19+,20+,21+,22-/m0/s1. The maximum absolute atomic E-state index is 12.3. The quantitative estimate of drug-likeness (QED) is 0.231. The molecule has 1 spiro atoms. The van der Waals surface area contributed by atoms with Crippen LogP contribution in [0.5, 0.6) is 0 Å². The summed E-state index contributed by atoms with van der Waals surface area (Å²) in [7, 11) is 1.61. The number of hydrogen-bond acceptors (Lipinski definition) is 6. The summed E-state index contributed by atoms with van der Waals surface area (Å²) in [5, 5.41) is 0. The van der Waals surface area contributed by atoms with Gasteiger partial charge in [-0.2, -0.15) is 0 Å². The summed E-state index contributed by atoms with van der Waals surface area (Å²) < 4.78 is 22.4. The summed E-state index contributed by atoms with van der Waals surface area (Å²) in [4.78, 5) is 23.6. The molecule has 0 aromatic heterocycles. The first-order chi connectivity index (χ1) is 13.5. The zero-order valence-electron chi connectivity index (χ0n) is 17.4. The summed E-state index contributed by atoms with van der Waals surface area (Å²) >= 11 is 0. The predicted octanol–water partition coefficient (Wildman–Crippen LogP) is 3.37.